The molecule has 2 aliphatic heterocycles. The van der Waals surface area contributed by atoms with Crippen molar-refractivity contribution in [2.24, 2.45) is 9.98 Å². The summed E-state index contributed by atoms with van der Waals surface area (Å²) in [6.07, 6.45) is 3.85. The quantitative estimate of drug-likeness (QED) is 0.631. The Hall–Kier alpha value is -3.61. The van der Waals surface area contributed by atoms with Gasteiger partial charge in [-0.3, -0.25) is 19.9 Å². The summed E-state index contributed by atoms with van der Waals surface area (Å²) >= 11 is 0. The van der Waals surface area contributed by atoms with Crippen LogP contribution in [0.1, 0.15) is 17.5 Å². The molecule has 0 spiro atoms. The monoisotopic (exact) mass is 346 g/mol. The highest BCUT2D eigenvalue weighted by Crippen LogP contribution is 2.29. The van der Waals surface area contributed by atoms with E-state index in [4.69, 9.17) is 0 Å². The smallest absolute Gasteiger partial charge is 0.269 e. The van der Waals surface area contributed by atoms with Gasteiger partial charge in [-0.25, -0.2) is 9.89 Å². The van der Waals surface area contributed by atoms with E-state index < -0.39 is 4.92 Å². The molecule has 2 heterocycles. The molecule has 0 saturated heterocycles. The van der Waals surface area contributed by atoms with Crippen molar-refractivity contribution < 1.29 is 9.72 Å². The second kappa shape index (κ2) is 6.36. The lowest BCUT2D eigenvalue weighted by atomic mass is 10.1. The maximum absolute atomic E-state index is 12.4. The van der Waals surface area contributed by atoms with Crippen LogP contribution in [0.25, 0.3) is 6.08 Å². The number of amides is 1. The largest absolute Gasteiger partial charge is 0.274 e. The zero-order valence-electron chi connectivity index (χ0n) is 13.7. The topological polar surface area (TPSA) is 88.2 Å². The number of benzene rings is 2. The van der Waals surface area contributed by atoms with Gasteiger partial charge in [0.2, 0.25) is 5.91 Å². The molecule has 0 aliphatic carbocycles. The summed E-state index contributed by atoms with van der Waals surface area (Å²) in [6.45, 7) is 0.471. The van der Waals surface area contributed by atoms with Gasteiger partial charge >= 0.3 is 0 Å². The van der Waals surface area contributed by atoms with Crippen molar-refractivity contribution in [3.05, 3.63) is 75.8 Å². The lowest BCUT2D eigenvalue weighted by Gasteiger charge is -2.31. The minimum Gasteiger partial charge on any atom is -0.274 e. The van der Waals surface area contributed by atoms with Gasteiger partial charge in [0.25, 0.3) is 5.69 Å². The van der Waals surface area contributed by atoms with Crippen molar-refractivity contribution in [3.8, 4) is 0 Å². The zero-order valence-corrected chi connectivity index (χ0v) is 13.7. The van der Waals surface area contributed by atoms with Crippen LogP contribution in [0.15, 0.2) is 64.6 Å². The first-order chi connectivity index (χ1) is 12.6. The number of rotatable bonds is 3. The number of hydrogen-bond acceptors (Lipinski definition) is 5. The van der Waals surface area contributed by atoms with E-state index >= 15 is 0 Å². The molecule has 128 valence electrons. The molecular weight excluding hydrogens is 332 g/mol. The molecule has 2 aliphatic rings. The van der Waals surface area contributed by atoms with Gasteiger partial charge in [0, 0.05) is 24.1 Å². The highest BCUT2D eigenvalue weighted by molar-refractivity contribution is 6.27. The van der Waals surface area contributed by atoms with Gasteiger partial charge in [-0.15, -0.1) is 0 Å². The summed E-state index contributed by atoms with van der Waals surface area (Å²) in [5, 5.41) is 10.7. The van der Waals surface area contributed by atoms with Crippen LogP contribution < -0.4 is 0 Å². The molecule has 0 saturated carbocycles. The van der Waals surface area contributed by atoms with Crippen molar-refractivity contribution in [1.82, 2.24) is 4.90 Å². The maximum atomic E-state index is 12.4. The number of nitro groups is 1. The van der Waals surface area contributed by atoms with Crippen LogP contribution >= 0.6 is 0 Å². The number of nitro benzene ring substituents is 1. The van der Waals surface area contributed by atoms with Gasteiger partial charge in [0.05, 0.1) is 17.2 Å². The molecule has 26 heavy (non-hydrogen) atoms. The van der Waals surface area contributed by atoms with E-state index in [1.807, 2.05) is 24.3 Å². The zero-order chi connectivity index (χ0) is 18.1. The molecule has 2 aromatic carbocycles. The number of fused-ring (bicyclic) bond motifs is 3. The first kappa shape index (κ1) is 15.9. The molecule has 4 rings (SSSR count). The Morgan fingerprint density at radius 2 is 1.85 bits per heavy atom. The molecule has 0 unspecified atom stereocenters. The van der Waals surface area contributed by atoms with Gasteiger partial charge in [-0.2, -0.15) is 0 Å². The number of carbonyl (C=O) groups is 1. The first-order valence-corrected chi connectivity index (χ1v) is 8.11. The van der Waals surface area contributed by atoms with Crippen LogP contribution in [0.5, 0.6) is 0 Å². The van der Waals surface area contributed by atoms with Crippen molar-refractivity contribution in [1.29, 1.82) is 0 Å². The number of amidine groups is 2. The molecule has 2 aromatic rings. The second-order valence-electron chi connectivity index (χ2n) is 5.85. The van der Waals surface area contributed by atoms with Crippen LogP contribution in [0.4, 0.5) is 11.4 Å². The number of nitrogens with zero attached hydrogens (tertiary/aromatic N) is 4. The van der Waals surface area contributed by atoms with Gasteiger partial charge in [0.1, 0.15) is 11.7 Å². The molecule has 0 N–H and O–H groups in total. The third-order valence-electron chi connectivity index (χ3n) is 4.19. The summed E-state index contributed by atoms with van der Waals surface area (Å²) in [4.78, 5) is 33.4. The number of aliphatic imine (C=N–C) groups is 2. The van der Waals surface area contributed by atoms with Crippen molar-refractivity contribution in [2.45, 2.75) is 6.42 Å². The third-order valence-corrected chi connectivity index (χ3v) is 4.19. The van der Waals surface area contributed by atoms with Crippen LogP contribution in [-0.2, 0) is 4.79 Å². The Kier molecular flexibility index (Phi) is 3.89. The summed E-state index contributed by atoms with van der Waals surface area (Å²) in [5.74, 6) is 1.07. The highest BCUT2D eigenvalue weighted by atomic mass is 16.6. The molecule has 0 radical (unpaired) electrons. The standard InChI is InChI=1S/C19H14N4O3/c24-18-11-12-20-19-15-3-1-2-4-16(15)21-17(22(18)19)10-7-13-5-8-14(9-6-13)23(25)26/h1-10H,11-12H2/b10-7+. The normalized spacial score (nSPS) is 16.0. The van der Waals surface area contributed by atoms with Gasteiger partial charge < -0.3 is 0 Å². The fourth-order valence-electron chi connectivity index (χ4n) is 2.92. The molecule has 0 bridgehead atoms. The van der Waals surface area contributed by atoms with E-state index in [2.05, 4.69) is 9.98 Å². The van der Waals surface area contributed by atoms with Crippen LogP contribution in [0, 0.1) is 10.1 Å². The number of hydrogen-bond donors (Lipinski definition) is 0. The average molecular weight is 346 g/mol. The predicted molar refractivity (Wildman–Crippen MR) is 98.5 cm³/mol. The van der Waals surface area contributed by atoms with Crippen molar-refractivity contribution >= 4 is 35.0 Å². The highest BCUT2D eigenvalue weighted by Gasteiger charge is 2.32. The number of non-ortho nitro benzene ring substituents is 1. The van der Waals surface area contributed by atoms with Gasteiger partial charge in [-0.05, 0) is 35.9 Å². The lowest BCUT2D eigenvalue weighted by Crippen LogP contribution is -2.46. The Labute approximate surface area is 149 Å². The Morgan fingerprint density at radius 3 is 2.62 bits per heavy atom. The van der Waals surface area contributed by atoms with Crippen LogP contribution in [0.3, 0.4) is 0 Å². The second-order valence-corrected chi connectivity index (χ2v) is 5.85. The van der Waals surface area contributed by atoms with E-state index in [9.17, 15) is 14.9 Å². The SMILES string of the molecule is O=C1CCN=C2c3ccccc3N=C(/C=C/c3ccc([N+](=O)[O-])cc3)N12. The number of carbonyl (C=O) groups excluding carboxylic acids is 1. The van der Waals surface area contributed by atoms with E-state index in [0.717, 1.165) is 16.8 Å². The average Bonchev–Trinajstić information content (AvgIpc) is 2.66. The van der Waals surface area contributed by atoms with Gasteiger partial charge in [-0.1, -0.05) is 18.2 Å². The summed E-state index contributed by atoms with van der Waals surface area (Å²) in [5.41, 5.74) is 2.42. The van der Waals surface area contributed by atoms with E-state index in [-0.39, 0.29) is 11.6 Å². The van der Waals surface area contributed by atoms with Crippen molar-refractivity contribution in [3.63, 3.8) is 0 Å². The van der Waals surface area contributed by atoms with E-state index in [0.29, 0.717) is 24.6 Å². The summed E-state index contributed by atoms with van der Waals surface area (Å²) in [7, 11) is 0. The Morgan fingerprint density at radius 1 is 1.08 bits per heavy atom. The van der Waals surface area contributed by atoms with Crippen LogP contribution in [0.2, 0.25) is 0 Å². The molecule has 0 aromatic heterocycles. The fourth-order valence-corrected chi connectivity index (χ4v) is 2.92. The molecule has 7 heteroatoms. The molecule has 1 amide bonds. The maximum Gasteiger partial charge on any atom is 0.269 e. The number of para-hydroxylation sites is 1. The third kappa shape index (κ3) is 2.79. The molecule has 7 nitrogen and oxygen atoms in total. The van der Waals surface area contributed by atoms with E-state index in [1.165, 1.54) is 17.0 Å². The first-order valence-electron chi connectivity index (χ1n) is 8.11. The van der Waals surface area contributed by atoms with Crippen LogP contribution in [-0.4, -0.2) is 33.9 Å². The molecule has 0 fully saturated rings. The fraction of sp³-hybridized carbons (Fsp3) is 0.105. The molecular formula is C19H14N4O3. The minimum absolute atomic E-state index is 0.0340. The van der Waals surface area contributed by atoms with E-state index in [1.54, 1.807) is 24.3 Å². The lowest BCUT2D eigenvalue weighted by molar-refractivity contribution is -0.384. The van der Waals surface area contributed by atoms with Gasteiger partial charge in [0.15, 0.2) is 0 Å². The summed E-state index contributed by atoms with van der Waals surface area (Å²) < 4.78 is 0. The van der Waals surface area contributed by atoms with Crippen molar-refractivity contribution in [2.75, 3.05) is 6.54 Å². The Bertz CT molecular complexity index is 990. The Balaban J connectivity index is 1.71. The molecule has 0 atom stereocenters. The minimum atomic E-state index is -0.440. The predicted octanol–water partition coefficient (Wildman–Crippen LogP) is 3.33. The summed E-state index contributed by atoms with van der Waals surface area (Å²) in [6, 6.07) is 13.8.